The molecule has 0 aliphatic carbocycles. The average Bonchev–Trinajstić information content (AvgIpc) is 2.34. The van der Waals surface area contributed by atoms with Crippen LogP contribution in [-0.2, 0) is 0 Å². The van der Waals surface area contributed by atoms with Gasteiger partial charge in [0, 0.05) is 0 Å². The highest BCUT2D eigenvalue weighted by molar-refractivity contribution is 6.40. The molecular formula is C13H9Cl2NO2. The third-order valence-corrected chi connectivity index (χ3v) is 2.98. The average molecular weight is 282 g/mol. The van der Waals surface area contributed by atoms with Crippen molar-refractivity contribution in [2.75, 3.05) is 4.90 Å². The second-order valence-electron chi connectivity index (χ2n) is 3.52. The van der Waals surface area contributed by atoms with Gasteiger partial charge in [-0.05, 0) is 24.3 Å². The van der Waals surface area contributed by atoms with Gasteiger partial charge >= 0.3 is 6.09 Å². The van der Waals surface area contributed by atoms with Crippen molar-refractivity contribution in [3.63, 3.8) is 0 Å². The van der Waals surface area contributed by atoms with E-state index in [0.717, 1.165) is 4.90 Å². The Morgan fingerprint density at radius 2 is 1.50 bits per heavy atom. The molecular weight excluding hydrogens is 273 g/mol. The number of para-hydroxylation sites is 2. The van der Waals surface area contributed by atoms with E-state index >= 15 is 0 Å². The van der Waals surface area contributed by atoms with E-state index in [-0.39, 0.29) is 15.7 Å². The highest BCUT2D eigenvalue weighted by atomic mass is 35.5. The summed E-state index contributed by atoms with van der Waals surface area (Å²) in [5.74, 6) is 0. The Balaban J connectivity index is 2.60. The fraction of sp³-hybridized carbons (Fsp3) is 0. The summed E-state index contributed by atoms with van der Waals surface area (Å²) in [6, 6.07) is 13.5. The smallest absolute Gasteiger partial charge is 0.416 e. The molecule has 2 rings (SSSR count). The van der Waals surface area contributed by atoms with Crippen molar-refractivity contribution < 1.29 is 9.90 Å². The van der Waals surface area contributed by atoms with Gasteiger partial charge in [0.2, 0.25) is 0 Å². The second kappa shape index (κ2) is 5.29. The molecule has 0 saturated heterocycles. The molecule has 0 unspecified atom stereocenters. The molecule has 2 aromatic carbocycles. The Morgan fingerprint density at radius 1 is 0.944 bits per heavy atom. The van der Waals surface area contributed by atoms with Crippen molar-refractivity contribution in [3.8, 4) is 0 Å². The van der Waals surface area contributed by atoms with Crippen LogP contribution in [0.1, 0.15) is 0 Å². The first-order chi connectivity index (χ1) is 8.61. The van der Waals surface area contributed by atoms with Crippen molar-refractivity contribution in [1.82, 2.24) is 0 Å². The Labute approximate surface area is 114 Å². The van der Waals surface area contributed by atoms with Gasteiger partial charge in [-0.3, -0.25) is 0 Å². The molecule has 0 aliphatic rings. The molecule has 0 spiro atoms. The normalized spacial score (nSPS) is 10.1. The molecule has 0 heterocycles. The number of nitrogens with zero attached hydrogens (tertiary/aromatic N) is 1. The summed E-state index contributed by atoms with van der Waals surface area (Å²) in [6.45, 7) is 0. The minimum absolute atomic E-state index is 0.263. The Bertz CT molecular complexity index is 552. The summed E-state index contributed by atoms with van der Waals surface area (Å²) < 4.78 is 0. The highest BCUT2D eigenvalue weighted by Crippen LogP contribution is 2.37. The van der Waals surface area contributed by atoms with Gasteiger partial charge in [0.25, 0.3) is 0 Å². The van der Waals surface area contributed by atoms with E-state index in [0.29, 0.717) is 5.69 Å². The van der Waals surface area contributed by atoms with Gasteiger partial charge in [-0.2, -0.15) is 0 Å². The van der Waals surface area contributed by atoms with E-state index in [1.165, 1.54) is 0 Å². The first-order valence-electron chi connectivity index (χ1n) is 5.13. The van der Waals surface area contributed by atoms with Gasteiger partial charge in [0.05, 0.1) is 21.4 Å². The van der Waals surface area contributed by atoms with Gasteiger partial charge in [0.15, 0.2) is 0 Å². The first kappa shape index (κ1) is 12.7. The first-order valence-corrected chi connectivity index (χ1v) is 5.89. The molecule has 3 nitrogen and oxygen atoms in total. The van der Waals surface area contributed by atoms with Crippen LogP contribution in [0.15, 0.2) is 48.5 Å². The Morgan fingerprint density at radius 3 is 2.00 bits per heavy atom. The molecule has 1 N–H and O–H groups in total. The van der Waals surface area contributed by atoms with Gasteiger partial charge in [-0.25, -0.2) is 9.69 Å². The van der Waals surface area contributed by atoms with Gasteiger partial charge in [0.1, 0.15) is 0 Å². The maximum Gasteiger partial charge on any atom is 0.416 e. The van der Waals surface area contributed by atoms with E-state index in [1.807, 2.05) is 0 Å². The van der Waals surface area contributed by atoms with E-state index in [1.54, 1.807) is 48.5 Å². The zero-order chi connectivity index (χ0) is 13.1. The monoisotopic (exact) mass is 281 g/mol. The fourth-order valence-corrected chi connectivity index (χ4v) is 2.18. The highest BCUT2D eigenvalue weighted by Gasteiger charge is 2.21. The van der Waals surface area contributed by atoms with Crippen molar-refractivity contribution in [2.45, 2.75) is 0 Å². The number of rotatable bonds is 2. The van der Waals surface area contributed by atoms with Crippen LogP contribution >= 0.6 is 23.2 Å². The maximum absolute atomic E-state index is 11.4. The SMILES string of the molecule is O=C(O)N(c1ccccc1)c1c(Cl)cccc1Cl. The number of hydrogen-bond acceptors (Lipinski definition) is 1. The van der Waals surface area contributed by atoms with E-state index in [2.05, 4.69) is 0 Å². The quantitative estimate of drug-likeness (QED) is 0.858. The number of halogens is 2. The van der Waals surface area contributed by atoms with Gasteiger partial charge < -0.3 is 5.11 Å². The fourth-order valence-electron chi connectivity index (χ4n) is 1.61. The minimum atomic E-state index is -1.14. The summed E-state index contributed by atoms with van der Waals surface area (Å²) in [6.07, 6.45) is -1.14. The number of carboxylic acid groups (broad SMARTS) is 1. The number of hydrogen-bond donors (Lipinski definition) is 1. The Hall–Kier alpha value is -1.71. The lowest BCUT2D eigenvalue weighted by Crippen LogP contribution is -2.24. The number of anilines is 2. The van der Waals surface area contributed by atoms with Crippen LogP contribution in [0.3, 0.4) is 0 Å². The van der Waals surface area contributed by atoms with E-state index < -0.39 is 6.09 Å². The number of carbonyl (C=O) groups is 1. The van der Waals surface area contributed by atoms with Crippen LogP contribution in [0.25, 0.3) is 0 Å². The summed E-state index contributed by atoms with van der Waals surface area (Å²) in [5, 5.41) is 9.91. The van der Waals surface area contributed by atoms with Gasteiger partial charge in [-0.1, -0.05) is 47.5 Å². The molecule has 2 aromatic rings. The van der Waals surface area contributed by atoms with Crippen molar-refractivity contribution in [3.05, 3.63) is 58.6 Å². The minimum Gasteiger partial charge on any atom is -0.464 e. The molecule has 0 radical (unpaired) electrons. The lowest BCUT2D eigenvalue weighted by Gasteiger charge is -2.21. The van der Waals surface area contributed by atoms with Crippen LogP contribution in [0.5, 0.6) is 0 Å². The largest absolute Gasteiger partial charge is 0.464 e. The van der Waals surface area contributed by atoms with Crippen molar-refractivity contribution in [1.29, 1.82) is 0 Å². The van der Waals surface area contributed by atoms with E-state index in [9.17, 15) is 9.90 Å². The topological polar surface area (TPSA) is 40.5 Å². The second-order valence-corrected chi connectivity index (χ2v) is 4.34. The van der Waals surface area contributed by atoms with Crippen molar-refractivity contribution in [2.24, 2.45) is 0 Å². The molecule has 1 amide bonds. The molecule has 0 bridgehead atoms. The molecule has 92 valence electrons. The lowest BCUT2D eigenvalue weighted by molar-refractivity contribution is 0.205. The predicted octanol–water partition coefficient (Wildman–Crippen LogP) is 4.81. The standard InChI is InChI=1S/C13H9Cl2NO2/c14-10-7-4-8-11(15)12(10)16(13(17)18)9-5-2-1-3-6-9/h1-8H,(H,17,18). The van der Waals surface area contributed by atoms with Crippen LogP contribution < -0.4 is 4.90 Å². The molecule has 0 aliphatic heterocycles. The lowest BCUT2D eigenvalue weighted by atomic mass is 10.2. The van der Waals surface area contributed by atoms with Crippen molar-refractivity contribution >= 4 is 40.7 Å². The van der Waals surface area contributed by atoms with Gasteiger partial charge in [-0.15, -0.1) is 0 Å². The molecule has 0 aromatic heterocycles. The third kappa shape index (κ3) is 2.42. The summed E-state index contributed by atoms with van der Waals surface area (Å²) >= 11 is 12.1. The summed E-state index contributed by atoms with van der Waals surface area (Å²) in [4.78, 5) is 12.5. The molecule has 0 atom stereocenters. The summed E-state index contributed by atoms with van der Waals surface area (Å²) in [5.41, 5.74) is 0.750. The molecule has 0 fully saturated rings. The zero-order valence-electron chi connectivity index (χ0n) is 9.18. The number of amides is 1. The van der Waals surface area contributed by atoms with Crippen LogP contribution in [0.4, 0.5) is 16.2 Å². The molecule has 18 heavy (non-hydrogen) atoms. The van der Waals surface area contributed by atoms with Crippen LogP contribution in [0.2, 0.25) is 10.0 Å². The third-order valence-electron chi connectivity index (χ3n) is 2.37. The summed E-state index contributed by atoms with van der Waals surface area (Å²) in [7, 11) is 0. The number of benzene rings is 2. The van der Waals surface area contributed by atoms with Crippen LogP contribution in [0, 0.1) is 0 Å². The maximum atomic E-state index is 11.4. The Kier molecular flexibility index (Phi) is 3.75. The van der Waals surface area contributed by atoms with E-state index in [4.69, 9.17) is 23.2 Å². The zero-order valence-corrected chi connectivity index (χ0v) is 10.7. The molecule has 0 saturated carbocycles. The van der Waals surface area contributed by atoms with Crippen LogP contribution in [-0.4, -0.2) is 11.2 Å². The molecule has 5 heteroatoms. The predicted molar refractivity (Wildman–Crippen MR) is 73.1 cm³/mol.